The van der Waals surface area contributed by atoms with Gasteiger partial charge in [-0.1, -0.05) is 0 Å². The van der Waals surface area contributed by atoms with E-state index in [9.17, 15) is 0 Å². The number of piperazine rings is 1. The Morgan fingerprint density at radius 3 is 2.29 bits per heavy atom. The van der Waals surface area contributed by atoms with Gasteiger partial charge in [-0.25, -0.2) is 9.98 Å². The van der Waals surface area contributed by atoms with E-state index in [0.29, 0.717) is 29.8 Å². The number of thiazole rings is 1. The molecule has 0 aliphatic carbocycles. The van der Waals surface area contributed by atoms with Crippen LogP contribution in [0.2, 0.25) is 0 Å². The van der Waals surface area contributed by atoms with Crippen LogP contribution in [-0.4, -0.2) is 63.4 Å². The van der Waals surface area contributed by atoms with Gasteiger partial charge in [-0.2, -0.15) is 0 Å². The van der Waals surface area contributed by atoms with Gasteiger partial charge < -0.3 is 29.7 Å². The number of benzene rings is 1. The van der Waals surface area contributed by atoms with Gasteiger partial charge in [0, 0.05) is 49.4 Å². The first-order chi connectivity index (χ1) is 13.2. The van der Waals surface area contributed by atoms with Gasteiger partial charge in [0.2, 0.25) is 0 Å². The Labute approximate surface area is 186 Å². The molecule has 1 aliphatic heterocycles. The zero-order valence-electron chi connectivity index (χ0n) is 16.3. The highest BCUT2D eigenvalue weighted by molar-refractivity contribution is 14.0. The summed E-state index contributed by atoms with van der Waals surface area (Å²) < 4.78 is 16.1. The number of anilines is 1. The van der Waals surface area contributed by atoms with Crippen molar-refractivity contribution in [3.63, 3.8) is 0 Å². The smallest absolute Gasteiger partial charge is 0.191 e. The number of nitrogens with two attached hydrogens (primary N) is 1. The van der Waals surface area contributed by atoms with Crippen molar-refractivity contribution >= 4 is 46.4 Å². The summed E-state index contributed by atoms with van der Waals surface area (Å²) in [6, 6.07) is 3.67. The van der Waals surface area contributed by atoms with Gasteiger partial charge in [-0.15, -0.1) is 35.3 Å². The quantitative estimate of drug-likeness (QED) is 0.357. The SMILES string of the molecule is COc1cc(OC)c(OC)cc1CN=C(N)N1CCN(c2nccs2)CC1.I. The Morgan fingerprint density at radius 2 is 1.71 bits per heavy atom. The molecule has 3 rings (SSSR count). The highest BCUT2D eigenvalue weighted by atomic mass is 127. The van der Waals surface area contributed by atoms with E-state index in [-0.39, 0.29) is 24.0 Å². The summed E-state index contributed by atoms with van der Waals surface area (Å²) in [5.74, 6) is 2.48. The molecule has 2 aromatic rings. The number of ether oxygens (including phenoxy) is 3. The summed E-state index contributed by atoms with van der Waals surface area (Å²) in [4.78, 5) is 13.3. The summed E-state index contributed by atoms with van der Waals surface area (Å²) in [5.41, 5.74) is 7.11. The van der Waals surface area contributed by atoms with Crippen LogP contribution in [0.3, 0.4) is 0 Å². The van der Waals surface area contributed by atoms with Crippen molar-refractivity contribution < 1.29 is 14.2 Å². The first kappa shape index (κ1) is 22.3. The van der Waals surface area contributed by atoms with Crippen LogP contribution in [0, 0.1) is 0 Å². The molecule has 0 saturated carbocycles. The maximum atomic E-state index is 6.23. The lowest BCUT2D eigenvalue weighted by Crippen LogP contribution is -2.51. The summed E-state index contributed by atoms with van der Waals surface area (Å²) in [5, 5.41) is 3.05. The van der Waals surface area contributed by atoms with Crippen LogP contribution in [-0.2, 0) is 6.54 Å². The number of aliphatic imine (C=N–C) groups is 1. The normalized spacial score (nSPS) is 14.5. The molecule has 0 atom stereocenters. The topological polar surface area (TPSA) is 85.4 Å². The molecule has 0 radical (unpaired) electrons. The Kier molecular flexibility index (Phi) is 8.42. The average Bonchev–Trinajstić information content (AvgIpc) is 3.26. The minimum Gasteiger partial charge on any atom is -0.496 e. The first-order valence-corrected chi connectivity index (χ1v) is 9.52. The minimum absolute atomic E-state index is 0. The lowest BCUT2D eigenvalue weighted by Gasteiger charge is -2.35. The van der Waals surface area contributed by atoms with E-state index in [1.165, 1.54) is 0 Å². The summed E-state index contributed by atoms with van der Waals surface area (Å²) in [6.07, 6.45) is 1.83. The van der Waals surface area contributed by atoms with E-state index < -0.39 is 0 Å². The first-order valence-electron chi connectivity index (χ1n) is 8.64. The molecule has 1 aliphatic rings. The van der Waals surface area contributed by atoms with Crippen LogP contribution < -0.4 is 24.8 Å². The van der Waals surface area contributed by atoms with Crippen molar-refractivity contribution in [1.82, 2.24) is 9.88 Å². The fourth-order valence-electron chi connectivity index (χ4n) is 2.98. The predicted molar refractivity (Wildman–Crippen MR) is 123 cm³/mol. The molecule has 0 unspecified atom stereocenters. The fourth-order valence-corrected chi connectivity index (χ4v) is 3.68. The van der Waals surface area contributed by atoms with Gasteiger partial charge in [0.15, 0.2) is 22.6 Å². The molecular formula is C18H26IN5O3S. The van der Waals surface area contributed by atoms with Gasteiger partial charge in [-0.05, 0) is 6.07 Å². The maximum absolute atomic E-state index is 6.23. The molecular weight excluding hydrogens is 493 g/mol. The van der Waals surface area contributed by atoms with E-state index in [2.05, 4.69) is 19.8 Å². The zero-order valence-corrected chi connectivity index (χ0v) is 19.4. The Morgan fingerprint density at radius 1 is 1.07 bits per heavy atom. The number of aromatic nitrogens is 1. The van der Waals surface area contributed by atoms with Crippen molar-refractivity contribution in [2.45, 2.75) is 6.54 Å². The average molecular weight is 519 g/mol. The second-order valence-corrected chi connectivity index (χ2v) is 6.86. The Balaban J connectivity index is 0.00000280. The molecule has 0 spiro atoms. The summed E-state index contributed by atoms with van der Waals surface area (Å²) in [6.45, 7) is 3.80. The molecule has 8 nitrogen and oxygen atoms in total. The molecule has 2 N–H and O–H groups in total. The molecule has 1 aromatic carbocycles. The molecule has 28 heavy (non-hydrogen) atoms. The largest absolute Gasteiger partial charge is 0.496 e. The third-order valence-electron chi connectivity index (χ3n) is 4.49. The zero-order chi connectivity index (χ0) is 19.2. The van der Waals surface area contributed by atoms with Crippen molar-refractivity contribution in [2.24, 2.45) is 10.7 Å². The molecule has 2 heterocycles. The maximum Gasteiger partial charge on any atom is 0.191 e. The Bertz CT molecular complexity index is 780. The van der Waals surface area contributed by atoms with Crippen LogP contribution in [0.1, 0.15) is 5.56 Å². The van der Waals surface area contributed by atoms with Crippen LogP contribution in [0.25, 0.3) is 0 Å². The van der Waals surface area contributed by atoms with E-state index in [1.54, 1.807) is 38.7 Å². The third kappa shape index (κ3) is 5.10. The highest BCUT2D eigenvalue weighted by Crippen LogP contribution is 2.35. The van der Waals surface area contributed by atoms with E-state index in [1.807, 2.05) is 17.6 Å². The Hall–Kier alpha value is -1.95. The number of nitrogens with zero attached hydrogens (tertiary/aromatic N) is 4. The molecule has 1 aromatic heterocycles. The van der Waals surface area contributed by atoms with Crippen molar-refractivity contribution in [3.8, 4) is 17.2 Å². The number of hydrogen-bond acceptors (Lipinski definition) is 7. The van der Waals surface area contributed by atoms with E-state index in [0.717, 1.165) is 36.9 Å². The molecule has 1 fully saturated rings. The summed E-state index contributed by atoms with van der Waals surface area (Å²) in [7, 11) is 4.82. The van der Waals surface area contributed by atoms with Gasteiger partial charge >= 0.3 is 0 Å². The van der Waals surface area contributed by atoms with Crippen LogP contribution in [0.5, 0.6) is 17.2 Å². The lowest BCUT2D eigenvalue weighted by molar-refractivity contribution is 0.347. The van der Waals surface area contributed by atoms with Gasteiger partial charge in [0.1, 0.15) is 5.75 Å². The lowest BCUT2D eigenvalue weighted by atomic mass is 10.1. The molecule has 1 saturated heterocycles. The number of rotatable bonds is 6. The van der Waals surface area contributed by atoms with Crippen molar-refractivity contribution in [2.75, 3.05) is 52.4 Å². The third-order valence-corrected chi connectivity index (χ3v) is 5.32. The molecule has 154 valence electrons. The second-order valence-electron chi connectivity index (χ2n) is 5.98. The number of hydrogen-bond donors (Lipinski definition) is 1. The predicted octanol–water partition coefficient (Wildman–Crippen LogP) is 2.42. The van der Waals surface area contributed by atoms with Gasteiger partial charge in [-0.3, -0.25) is 0 Å². The molecule has 0 amide bonds. The van der Waals surface area contributed by atoms with E-state index >= 15 is 0 Å². The van der Waals surface area contributed by atoms with Crippen LogP contribution in [0.15, 0.2) is 28.7 Å². The minimum atomic E-state index is 0. The fraction of sp³-hybridized carbons (Fsp3) is 0.444. The standard InChI is InChI=1S/C18H25N5O3S.HI/c1-24-14-11-16(26-3)15(25-2)10-13(14)12-21-17(19)22-5-7-23(8-6-22)18-20-4-9-27-18;/h4,9-11H,5-8,12H2,1-3H3,(H2,19,21);1H. The number of guanidine groups is 1. The van der Waals surface area contributed by atoms with Crippen molar-refractivity contribution in [1.29, 1.82) is 0 Å². The summed E-state index contributed by atoms with van der Waals surface area (Å²) >= 11 is 1.66. The van der Waals surface area contributed by atoms with Crippen LogP contribution in [0.4, 0.5) is 5.13 Å². The van der Waals surface area contributed by atoms with Gasteiger partial charge in [0.05, 0.1) is 27.9 Å². The molecule has 0 bridgehead atoms. The van der Waals surface area contributed by atoms with Crippen LogP contribution >= 0.6 is 35.3 Å². The van der Waals surface area contributed by atoms with Gasteiger partial charge in [0.25, 0.3) is 0 Å². The number of halogens is 1. The second kappa shape index (κ2) is 10.6. The van der Waals surface area contributed by atoms with E-state index in [4.69, 9.17) is 19.9 Å². The molecule has 10 heteroatoms. The van der Waals surface area contributed by atoms with Crippen molar-refractivity contribution in [3.05, 3.63) is 29.3 Å². The number of methoxy groups -OCH3 is 3. The highest BCUT2D eigenvalue weighted by Gasteiger charge is 2.20. The monoisotopic (exact) mass is 519 g/mol.